The second kappa shape index (κ2) is 10.9. The summed E-state index contributed by atoms with van der Waals surface area (Å²) in [6, 6.07) is 12.2. The van der Waals surface area contributed by atoms with Gasteiger partial charge in [-0.2, -0.15) is 4.31 Å². The Balaban J connectivity index is 1.44. The molecular formula is C22H25N3O6S. The molecule has 170 valence electrons. The van der Waals surface area contributed by atoms with E-state index in [0.29, 0.717) is 24.4 Å². The predicted molar refractivity (Wildman–Crippen MR) is 120 cm³/mol. The Morgan fingerprint density at radius 2 is 1.84 bits per heavy atom. The monoisotopic (exact) mass is 459 g/mol. The average Bonchev–Trinajstić information content (AvgIpc) is 2.81. The molecule has 1 N–H and O–H groups in total. The van der Waals surface area contributed by atoms with Crippen LogP contribution in [0.15, 0.2) is 59.5 Å². The summed E-state index contributed by atoms with van der Waals surface area (Å²) in [6.07, 6.45) is 5.60. The van der Waals surface area contributed by atoms with Gasteiger partial charge in [0.05, 0.1) is 16.4 Å². The molecule has 32 heavy (non-hydrogen) atoms. The Labute approximate surface area is 186 Å². The first kappa shape index (κ1) is 23.4. The van der Waals surface area contributed by atoms with Gasteiger partial charge in [-0.25, -0.2) is 8.42 Å². The van der Waals surface area contributed by atoms with E-state index in [4.69, 9.17) is 4.74 Å². The van der Waals surface area contributed by atoms with E-state index in [1.165, 1.54) is 40.7 Å². The number of ether oxygens (including phenoxy) is 1. The van der Waals surface area contributed by atoms with Crippen molar-refractivity contribution in [2.75, 3.05) is 26.2 Å². The van der Waals surface area contributed by atoms with Crippen molar-refractivity contribution in [2.24, 2.45) is 0 Å². The van der Waals surface area contributed by atoms with Crippen LogP contribution in [0.4, 0.5) is 5.69 Å². The molecule has 1 amide bonds. The molecule has 0 aromatic heterocycles. The zero-order valence-corrected chi connectivity index (χ0v) is 18.3. The number of nitrogens with one attached hydrogen (secondary N) is 1. The molecule has 0 spiro atoms. The standard InChI is InChI=1S/C22H25N3O6S/c26-22(12-7-18-5-4-6-19(17-18)25(27)28)23-13-16-31-20-8-10-21(11-9-20)32(29,30)24-14-2-1-3-15-24/h4-12,17H,1-3,13-16H2,(H,23,26)/b12-7+. The van der Waals surface area contributed by atoms with Crippen LogP contribution in [0.3, 0.4) is 0 Å². The van der Waals surface area contributed by atoms with Gasteiger partial charge in [0.25, 0.3) is 5.69 Å². The maximum absolute atomic E-state index is 12.6. The molecule has 0 atom stereocenters. The Bertz CT molecular complexity index is 1080. The number of amides is 1. The van der Waals surface area contributed by atoms with Gasteiger partial charge in [-0.1, -0.05) is 18.6 Å². The Morgan fingerprint density at radius 1 is 1.12 bits per heavy atom. The Morgan fingerprint density at radius 3 is 2.53 bits per heavy atom. The molecule has 1 heterocycles. The molecule has 1 aliphatic rings. The van der Waals surface area contributed by atoms with Crippen molar-refractivity contribution < 1.29 is 22.9 Å². The number of hydrogen-bond acceptors (Lipinski definition) is 6. The third kappa shape index (κ3) is 6.38. The molecule has 0 saturated carbocycles. The first-order valence-corrected chi connectivity index (χ1v) is 11.7. The maximum atomic E-state index is 12.6. The van der Waals surface area contributed by atoms with Crippen LogP contribution in [0.2, 0.25) is 0 Å². The van der Waals surface area contributed by atoms with Crippen molar-refractivity contribution in [2.45, 2.75) is 24.2 Å². The SMILES string of the molecule is O=C(/C=C/c1cccc([N+](=O)[O-])c1)NCCOc1ccc(S(=O)(=O)N2CCCCC2)cc1. The number of carbonyl (C=O) groups is 1. The van der Waals surface area contributed by atoms with Crippen LogP contribution in [0, 0.1) is 10.1 Å². The van der Waals surface area contributed by atoms with Gasteiger partial charge in [-0.3, -0.25) is 14.9 Å². The molecule has 9 nitrogen and oxygen atoms in total. The molecule has 1 aliphatic heterocycles. The van der Waals surface area contributed by atoms with Crippen LogP contribution < -0.4 is 10.1 Å². The van der Waals surface area contributed by atoms with E-state index < -0.39 is 14.9 Å². The zero-order valence-electron chi connectivity index (χ0n) is 17.5. The van der Waals surface area contributed by atoms with Crippen LogP contribution in [0.5, 0.6) is 5.75 Å². The number of sulfonamides is 1. The summed E-state index contributed by atoms with van der Waals surface area (Å²) in [5.74, 6) is 0.145. The number of piperidine rings is 1. The van der Waals surface area contributed by atoms with Gasteiger partial charge in [0.1, 0.15) is 12.4 Å². The largest absolute Gasteiger partial charge is 0.492 e. The van der Waals surface area contributed by atoms with Crippen LogP contribution in [-0.4, -0.2) is 49.8 Å². The molecule has 1 saturated heterocycles. The molecule has 0 unspecified atom stereocenters. The highest BCUT2D eigenvalue weighted by Gasteiger charge is 2.25. The van der Waals surface area contributed by atoms with E-state index in [0.717, 1.165) is 19.3 Å². The number of hydrogen-bond donors (Lipinski definition) is 1. The quantitative estimate of drug-likeness (QED) is 0.267. The van der Waals surface area contributed by atoms with Crippen molar-refractivity contribution in [1.29, 1.82) is 0 Å². The van der Waals surface area contributed by atoms with E-state index in [2.05, 4.69) is 5.32 Å². The van der Waals surface area contributed by atoms with E-state index in [1.807, 2.05) is 0 Å². The van der Waals surface area contributed by atoms with Gasteiger partial charge in [0.2, 0.25) is 15.9 Å². The van der Waals surface area contributed by atoms with Crippen molar-refractivity contribution in [3.8, 4) is 5.75 Å². The second-order valence-corrected chi connectivity index (χ2v) is 9.20. The van der Waals surface area contributed by atoms with Gasteiger partial charge in [-0.15, -0.1) is 0 Å². The molecule has 0 aliphatic carbocycles. The van der Waals surface area contributed by atoms with Crippen molar-refractivity contribution >= 4 is 27.7 Å². The lowest BCUT2D eigenvalue weighted by Gasteiger charge is -2.25. The molecular weight excluding hydrogens is 434 g/mol. The molecule has 3 rings (SSSR count). The van der Waals surface area contributed by atoms with E-state index in [-0.39, 0.29) is 29.6 Å². The summed E-state index contributed by atoms with van der Waals surface area (Å²) in [5.41, 5.74) is 0.501. The zero-order chi connectivity index (χ0) is 23.0. The number of nitro benzene ring substituents is 1. The molecule has 10 heteroatoms. The smallest absolute Gasteiger partial charge is 0.270 e. The van der Waals surface area contributed by atoms with Crippen LogP contribution >= 0.6 is 0 Å². The van der Waals surface area contributed by atoms with Crippen LogP contribution in [-0.2, 0) is 14.8 Å². The molecule has 2 aromatic carbocycles. The number of benzene rings is 2. The number of nitrogens with zero attached hydrogens (tertiary/aromatic N) is 2. The topological polar surface area (TPSA) is 119 Å². The number of rotatable bonds is 9. The van der Waals surface area contributed by atoms with E-state index in [9.17, 15) is 23.3 Å². The van der Waals surface area contributed by atoms with Gasteiger partial charge in [-0.05, 0) is 48.7 Å². The highest BCUT2D eigenvalue weighted by atomic mass is 32.2. The van der Waals surface area contributed by atoms with Crippen molar-refractivity contribution in [3.05, 3.63) is 70.3 Å². The normalized spacial score (nSPS) is 14.9. The second-order valence-electron chi connectivity index (χ2n) is 7.26. The summed E-state index contributed by atoms with van der Waals surface area (Å²) < 4.78 is 32.4. The van der Waals surface area contributed by atoms with Crippen LogP contribution in [0.1, 0.15) is 24.8 Å². The third-order valence-corrected chi connectivity index (χ3v) is 6.87. The Kier molecular flexibility index (Phi) is 7.96. The fraction of sp³-hybridized carbons (Fsp3) is 0.318. The molecule has 0 radical (unpaired) electrons. The number of carbonyl (C=O) groups excluding carboxylic acids is 1. The van der Waals surface area contributed by atoms with Gasteiger partial charge in [0.15, 0.2) is 0 Å². The highest BCUT2D eigenvalue weighted by molar-refractivity contribution is 7.89. The van der Waals surface area contributed by atoms with E-state index >= 15 is 0 Å². The number of non-ortho nitro benzene ring substituents is 1. The summed E-state index contributed by atoms with van der Waals surface area (Å²) in [4.78, 5) is 22.4. The predicted octanol–water partition coefficient (Wildman–Crippen LogP) is 2.98. The van der Waals surface area contributed by atoms with E-state index in [1.54, 1.807) is 24.3 Å². The van der Waals surface area contributed by atoms with Gasteiger partial charge < -0.3 is 10.1 Å². The molecule has 2 aromatic rings. The minimum Gasteiger partial charge on any atom is -0.492 e. The lowest BCUT2D eigenvalue weighted by Crippen LogP contribution is -2.35. The fourth-order valence-electron chi connectivity index (χ4n) is 3.28. The highest BCUT2D eigenvalue weighted by Crippen LogP contribution is 2.22. The van der Waals surface area contributed by atoms with Crippen molar-refractivity contribution in [1.82, 2.24) is 9.62 Å². The minimum absolute atomic E-state index is 0.0456. The fourth-order valence-corrected chi connectivity index (χ4v) is 4.80. The number of nitro groups is 1. The maximum Gasteiger partial charge on any atom is 0.270 e. The Hall–Kier alpha value is -3.24. The summed E-state index contributed by atoms with van der Waals surface area (Å²) in [5, 5.41) is 13.4. The molecule has 0 bridgehead atoms. The lowest BCUT2D eigenvalue weighted by molar-refractivity contribution is -0.384. The van der Waals surface area contributed by atoms with Gasteiger partial charge >= 0.3 is 0 Å². The van der Waals surface area contributed by atoms with Crippen molar-refractivity contribution in [3.63, 3.8) is 0 Å². The average molecular weight is 460 g/mol. The first-order valence-electron chi connectivity index (χ1n) is 10.3. The lowest BCUT2D eigenvalue weighted by atomic mass is 10.2. The molecule has 1 fully saturated rings. The first-order chi connectivity index (χ1) is 15.4. The third-order valence-electron chi connectivity index (χ3n) is 4.95. The van der Waals surface area contributed by atoms with Gasteiger partial charge in [0, 0.05) is 31.3 Å². The summed E-state index contributed by atoms with van der Waals surface area (Å²) >= 11 is 0. The minimum atomic E-state index is -3.48. The van der Waals surface area contributed by atoms with Crippen LogP contribution in [0.25, 0.3) is 6.08 Å². The summed E-state index contributed by atoms with van der Waals surface area (Å²) in [7, 11) is -3.48. The summed E-state index contributed by atoms with van der Waals surface area (Å²) in [6.45, 7) is 1.55.